The van der Waals surface area contributed by atoms with Gasteiger partial charge in [-0.3, -0.25) is 19.2 Å². The van der Waals surface area contributed by atoms with Gasteiger partial charge in [-0.05, 0) is 49.6 Å². The molecule has 3 aromatic rings. The van der Waals surface area contributed by atoms with Crippen molar-refractivity contribution in [2.75, 3.05) is 7.05 Å². The van der Waals surface area contributed by atoms with E-state index in [1.807, 2.05) is 0 Å². The maximum atomic E-state index is 13.5. The van der Waals surface area contributed by atoms with Crippen LogP contribution in [0.15, 0.2) is 54.6 Å². The molecule has 4 N–H and O–H groups in total. The third kappa shape index (κ3) is 9.76. The highest BCUT2D eigenvalue weighted by Gasteiger charge is 2.37. The van der Waals surface area contributed by atoms with E-state index < -0.39 is 53.8 Å². The number of hydrogen-bond donors (Lipinski definition) is 3. The highest BCUT2D eigenvalue weighted by molar-refractivity contribution is 6.04. The molecule has 14 nitrogen and oxygen atoms in total. The van der Waals surface area contributed by atoms with Crippen molar-refractivity contribution in [3.8, 4) is 11.4 Å². The van der Waals surface area contributed by atoms with E-state index in [9.17, 15) is 24.0 Å². The summed E-state index contributed by atoms with van der Waals surface area (Å²) in [6.45, 7) is 8.49. The first-order valence-electron chi connectivity index (χ1n) is 14.3. The Bertz CT molecular complexity index is 1520. The zero-order chi connectivity index (χ0) is 33.3. The van der Waals surface area contributed by atoms with E-state index in [-0.39, 0.29) is 29.8 Å². The fourth-order valence-electron chi connectivity index (χ4n) is 4.16. The third-order valence-electron chi connectivity index (χ3n) is 6.41. The van der Waals surface area contributed by atoms with Gasteiger partial charge in [0.05, 0.1) is 12.5 Å². The summed E-state index contributed by atoms with van der Waals surface area (Å²) >= 11 is 0. The highest BCUT2D eigenvalue weighted by atomic mass is 16.6. The molecule has 0 aliphatic rings. The average molecular weight is 622 g/mol. The summed E-state index contributed by atoms with van der Waals surface area (Å²) in [5.41, 5.74) is 6.49. The summed E-state index contributed by atoms with van der Waals surface area (Å²) < 4.78 is 10.7. The quantitative estimate of drug-likeness (QED) is 0.186. The number of amides is 2. The number of aromatic nitrogens is 4. The Hall–Kier alpha value is -4.98. The molecular formula is C31H39N7O7. The van der Waals surface area contributed by atoms with Gasteiger partial charge >= 0.3 is 11.9 Å². The number of nitrogens with one attached hydrogen (secondary N) is 2. The molecule has 14 heteroatoms. The van der Waals surface area contributed by atoms with Gasteiger partial charge in [0.2, 0.25) is 17.8 Å². The summed E-state index contributed by atoms with van der Waals surface area (Å²) in [5.74, 6) is -3.63. The second-order valence-corrected chi connectivity index (χ2v) is 11.6. The molecular weight excluding hydrogens is 582 g/mol. The number of ether oxygens (including phenoxy) is 2. The number of tetrazole rings is 1. The van der Waals surface area contributed by atoms with Gasteiger partial charge in [0, 0.05) is 18.2 Å². The number of carbonyl (C=O) groups excluding carboxylic acids is 5. The van der Waals surface area contributed by atoms with E-state index in [0.717, 1.165) is 4.80 Å². The first-order valence-corrected chi connectivity index (χ1v) is 14.3. The van der Waals surface area contributed by atoms with E-state index in [0.29, 0.717) is 11.1 Å². The topological polar surface area (TPSA) is 197 Å². The van der Waals surface area contributed by atoms with Crippen LogP contribution in [0.5, 0.6) is 0 Å². The van der Waals surface area contributed by atoms with Crippen molar-refractivity contribution in [1.82, 2.24) is 30.8 Å². The van der Waals surface area contributed by atoms with Gasteiger partial charge in [-0.15, -0.1) is 15.0 Å². The fourth-order valence-corrected chi connectivity index (χ4v) is 4.16. The summed E-state index contributed by atoms with van der Waals surface area (Å²) in [6, 6.07) is 11.1. The van der Waals surface area contributed by atoms with E-state index in [4.69, 9.17) is 15.2 Å². The monoisotopic (exact) mass is 621 g/mol. The van der Waals surface area contributed by atoms with Crippen molar-refractivity contribution >= 4 is 29.5 Å². The molecule has 0 saturated carbocycles. The predicted molar refractivity (Wildman–Crippen MR) is 162 cm³/mol. The molecule has 1 aromatic heterocycles. The SMILES string of the molecule is CNC(=O)C(NC(=O)c1cccc(-c2nnn(C(C(=O)OCc3ccccc3)C(=O)C(N)CC(=O)OC(C)(C)C)n2)c1)C(C)C. The molecule has 240 valence electrons. The van der Waals surface area contributed by atoms with E-state index in [1.165, 1.54) is 13.1 Å². The van der Waals surface area contributed by atoms with Crippen LogP contribution in [-0.2, 0) is 35.3 Å². The second kappa shape index (κ2) is 15.1. The minimum absolute atomic E-state index is 0.00858. The van der Waals surface area contributed by atoms with Gasteiger partial charge in [0.25, 0.3) is 5.91 Å². The Morgan fingerprint density at radius 1 is 1.00 bits per heavy atom. The minimum Gasteiger partial charge on any atom is -0.460 e. The van der Waals surface area contributed by atoms with Crippen LogP contribution in [0.1, 0.15) is 63.0 Å². The van der Waals surface area contributed by atoms with Gasteiger partial charge < -0.3 is 25.8 Å². The van der Waals surface area contributed by atoms with Crippen LogP contribution in [0.2, 0.25) is 0 Å². The number of Topliss-reactive ketones (excluding diaryl/α,β-unsaturated/α-hetero) is 1. The molecule has 0 saturated heterocycles. The molecule has 0 aliphatic heterocycles. The molecule has 1 heterocycles. The van der Waals surface area contributed by atoms with Crippen LogP contribution in [0, 0.1) is 5.92 Å². The Kier molecular flexibility index (Phi) is 11.6. The Labute approximate surface area is 261 Å². The van der Waals surface area contributed by atoms with Gasteiger partial charge in [0.15, 0.2) is 5.78 Å². The standard InChI is InChI=1S/C31H39N7O7/c1-18(2)24(29(42)33-6)34-28(41)21-14-10-13-20(15-21)27-35-37-38(36-27)25(30(43)44-17-19-11-8-7-9-12-19)26(40)22(32)16-23(39)45-31(3,4)5/h7-15,18,22,24-25H,16-17,32H2,1-6H3,(H,33,42)(H,34,41). The lowest BCUT2D eigenvalue weighted by atomic mass is 10.0. The molecule has 2 amide bonds. The Morgan fingerprint density at radius 2 is 1.69 bits per heavy atom. The van der Waals surface area contributed by atoms with Crippen LogP contribution in [0.3, 0.4) is 0 Å². The highest BCUT2D eigenvalue weighted by Crippen LogP contribution is 2.20. The number of hydrogen-bond acceptors (Lipinski definition) is 11. The Balaban J connectivity index is 1.88. The van der Waals surface area contributed by atoms with Crippen LogP contribution < -0.4 is 16.4 Å². The van der Waals surface area contributed by atoms with E-state index >= 15 is 0 Å². The summed E-state index contributed by atoms with van der Waals surface area (Å²) in [6.07, 6.45) is -0.495. The number of nitrogens with two attached hydrogens (primary N) is 1. The summed E-state index contributed by atoms with van der Waals surface area (Å²) in [4.78, 5) is 65.1. The van der Waals surface area contributed by atoms with E-state index in [1.54, 1.807) is 83.1 Å². The van der Waals surface area contributed by atoms with Crippen molar-refractivity contribution in [3.63, 3.8) is 0 Å². The lowest BCUT2D eigenvalue weighted by molar-refractivity contribution is -0.158. The van der Waals surface area contributed by atoms with E-state index in [2.05, 4.69) is 26.0 Å². The number of carbonyl (C=O) groups is 5. The molecule has 0 radical (unpaired) electrons. The number of likely N-dealkylation sites (N-methyl/N-ethyl adjacent to an activating group) is 1. The van der Waals surface area contributed by atoms with Gasteiger partial charge in [-0.2, -0.15) is 0 Å². The van der Waals surface area contributed by atoms with Crippen molar-refractivity contribution in [2.45, 2.75) is 71.4 Å². The third-order valence-corrected chi connectivity index (χ3v) is 6.41. The lowest BCUT2D eigenvalue weighted by Crippen LogP contribution is -2.48. The van der Waals surface area contributed by atoms with Gasteiger partial charge in [-0.25, -0.2) is 4.79 Å². The van der Waals surface area contributed by atoms with Gasteiger partial charge in [-0.1, -0.05) is 56.3 Å². The van der Waals surface area contributed by atoms with Crippen LogP contribution >= 0.6 is 0 Å². The zero-order valence-electron chi connectivity index (χ0n) is 26.1. The largest absolute Gasteiger partial charge is 0.460 e. The average Bonchev–Trinajstić information content (AvgIpc) is 3.47. The van der Waals surface area contributed by atoms with Gasteiger partial charge in [0.1, 0.15) is 18.2 Å². The molecule has 0 aliphatic carbocycles. The molecule has 45 heavy (non-hydrogen) atoms. The molecule has 3 atom stereocenters. The Morgan fingerprint density at radius 3 is 2.31 bits per heavy atom. The molecule has 0 fully saturated rings. The molecule has 2 aromatic carbocycles. The number of ketones is 1. The fraction of sp³-hybridized carbons (Fsp3) is 0.419. The van der Waals surface area contributed by atoms with Crippen molar-refractivity contribution in [2.24, 2.45) is 11.7 Å². The maximum Gasteiger partial charge on any atom is 0.341 e. The zero-order valence-corrected chi connectivity index (χ0v) is 26.1. The molecule has 3 rings (SSSR count). The summed E-state index contributed by atoms with van der Waals surface area (Å²) in [5, 5.41) is 17.4. The number of nitrogens with zero attached hydrogens (tertiary/aromatic N) is 4. The molecule has 0 spiro atoms. The smallest absolute Gasteiger partial charge is 0.341 e. The van der Waals surface area contributed by atoms with Crippen molar-refractivity contribution in [3.05, 3.63) is 65.7 Å². The second-order valence-electron chi connectivity index (χ2n) is 11.6. The predicted octanol–water partition coefficient (Wildman–Crippen LogP) is 1.75. The first kappa shape index (κ1) is 34.5. The summed E-state index contributed by atoms with van der Waals surface area (Å²) in [7, 11) is 1.49. The van der Waals surface area contributed by atoms with Crippen molar-refractivity contribution in [1.29, 1.82) is 0 Å². The molecule has 0 bridgehead atoms. The minimum atomic E-state index is -1.77. The first-order chi connectivity index (χ1) is 21.2. The maximum absolute atomic E-state index is 13.5. The van der Waals surface area contributed by atoms with Crippen LogP contribution in [0.4, 0.5) is 0 Å². The number of rotatable bonds is 13. The van der Waals surface area contributed by atoms with Crippen LogP contribution in [0.25, 0.3) is 11.4 Å². The number of benzene rings is 2. The lowest BCUT2D eigenvalue weighted by Gasteiger charge is -2.21. The normalized spacial score (nSPS) is 13.3. The molecule has 3 unspecified atom stereocenters. The van der Waals surface area contributed by atoms with Crippen molar-refractivity contribution < 1.29 is 33.4 Å². The van der Waals surface area contributed by atoms with Crippen LogP contribution in [-0.4, -0.2) is 74.5 Å². The number of esters is 2.